The van der Waals surface area contributed by atoms with Crippen molar-refractivity contribution in [2.75, 3.05) is 4.90 Å². The molecular formula is C54H37N. The largest absolute Gasteiger partial charge is 0.310 e. The Balaban J connectivity index is 1.17. The molecule has 0 aromatic heterocycles. The zero-order valence-corrected chi connectivity index (χ0v) is 30.6. The van der Waals surface area contributed by atoms with E-state index in [1.807, 2.05) is 0 Å². The van der Waals surface area contributed by atoms with Crippen LogP contribution in [0.25, 0.3) is 55.3 Å². The molecule has 55 heavy (non-hydrogen) atoms. The number of hydrogen-bond acceptors (Lipinski definition) is 1. The van der Waals surface area contributed by atoms with Crippen LogP contribution in [0.5, 0.6) is 0 Å². The standard InChI is InChI=1S/C54H37N/c1-36-34-39(42-25-15-19-37-18-5-6-20-41(37)42)30-33-52(36)55(53-29-14-10-21-43(53)38-16-3-2-4-17-38)40-31-32-47-46-24-9-13-28-50(46)54(51(47)35-40)48-26-11-7-22-44(48)45-23-8-12-27-49(45)54/h2-35H,1H3. The van der Waals surface area contributed by atoms with Crippen molar-refractivity contribution in [3.8, 4) is 44.5 Å². The Morgan fingerprint density at radius 2 is 0.891 bits per heavy atom. The molecule has 1 heteroatoms. The maximum absolute atomic E-state index is 2.49. The van der Waals surface area contributed by atoms with Crippen molar-refractivity contribution in [1.82, 2.24) is 0 Å². The van der Waals surface area contributed by atoms with E-state index >= 15 is 0 Å². The molecule has 258 valence electrons. The van der Waals surface area contributed by atoms with Gasteiger partial charge in [0.1, 0.15) is 0 Å². The van der Waals surface area contributed by atoms with Crippen molar-refractivity contribution in [1.29, 1.82) is 0 Å². The number of nitrogens with zero attached hydrogens (tertiary/aromatic N) is 1. The molecule has 0 fully saturated rings. The summed E-state index contributed by atoms with van der Waals surface area (Å²) in [5.41, 5.74) is 19.7. The number of hydrogen-bond donors (Lipinski definition) is 0. The first-order valence-electron chi connectivity index (χ1n) is 19.2. The van der Waals surface area contributed by atoms with E-state index in [2.05, 4.69) is 218 Å². The van der Waals surface area contributed by atoms with Crippen LogP contribution in [0, 0.1) is 6.92 Å². The lowest BCUT2D eigenvalue weighted by Gasteiger charge is -2.33. The van der Waals surface area contributed by atoms with Gasteiger partial charge in [0.25, 0.3) is 0 Å². The highest BCUT2D eigenvalue weighted by molar-refractivity contribution is 5.99. The topological polar surface area (TPSA) is 3.24 Å². The smallest absolute Gasteiger partial charge is 0.0726 e. The van der Waals surface area contributed by atoms with Crippen molar-refractivity contribution in [3.05, 3.63) is 234 Å². The molecule has 0 unspecified atom stereocenters. The van der Waals surface area contributed by atoms with E-state index in [1.165, 1.54) is 83.1 Å². The summed E-state index contributed by atoms with van der Waals surface area (Å²) in [4.78, 5) is 2.49. The van der Waals surface area contributed by atoms with Crippen LogP contribution in [0.15, 0.2) is 206 Å². The first-order valence-corrected chi connectivity index (χ1v) is 19.2. The van der Waals surface area contributed by atoms with Gasteiger partial charge in [0.15, 0.2) is 0 Å². The summed E-state index contributed by atoms with van der Waals surface area (Å²) in [5, 5.41) is 2.52. The number of anilines is 3. The number of fused-ring (bicyclic) bond motifs is 11. The number of benzene rings is 9. The fraction of sp³-hybridized carbons (Fsp3) is 0.0370. The van der Waals surface area contributed by atoms with Crippen molar-refractivity contribution in [2.24, 2.45) is 0 Å². The number of rotatable bonds is 5. The Morgan fingerprint density at radius 1 is 0.345 bits per heavy atom. The summed E-state index contributed by atoms with van der Waals surface area (Å²) >= 11 is 0. The summed E-state index contributed by atoms with van der Waals surface area (Å²) < 4.78 is 0. The van der Waals surface area contributed by atoms with Crippen molar-refractivity contribution >= 4 is 27.8 Å². The Kier molecular flexibility index (Phi) is 7.06. The van der Waals surface area contributed by atoms with Crippen molar-refractivity contribution in [3.63, 3.8) is 0 Å². The molecule has 0 atom stereocenters. The Bertz CT molecular complexity index is 2880. The lowest BCUT2D eigenvalue weighted by molar-refractivity contribution is 0.793. The van der Waals surface area contributed by atoms with Gasteiger partial charge in [-0.3, -0.25) is 0 Å². The normalized spacial score (nSPS) is 13.0. The maximum atomic E-state index is 2.49. The van der Waals surface area contributed by atoms with Crippen LogP contribution in [0.4, 0.5) is 17.1 Å². The Hall–Kier alpha value is -6.96. The molecule has 0 aliphatic heterocycles. The van der Waals surface area contributed by atoms with Crippen LogP contribution in [-0.4, -0.2) is 0 Å². The summed E-state index contributed by atoms with van der Waals surface area (Å²) in [6, 6.07) is 76.3. The summed E-state index contributed by atoms with van der Waals surface area (Å²) in [5.74, 6) is 0. The third kappa shape index (κ3) is 4.60. The van der Waals surface area contributed by atoms with E-state index in [0.717, 1.165) is 17.1 Å². The summed E-state index contributed by atoms with van der Waals surface area (Å²) in [6.45, 7) is 2.26. The lowest BCUT2D eigenvalue weighted by atomic mass is 9.70. The molecule has 0 radical (unpaired) electrons. The van der Waals surface area contributed by atoms with Crippen LogP contribution in [0.1, 0.15) is 27.8 Å². The van der Waals surface area contributed by atoms with E-state index in [1.54, 1.807) is 0 Å². The van der Waals surface area contributed by atoms with Crippen LogP contribution in [-0.2, 0) is 5.41 Å². The highest BCUT2D eigenvalue weighted by atomic mass is 15.1. The fourth-order valence-electron chi connectivity index (χ4n) is 9.71. The third-order valence-corrected chi connectivity index (χ3v) is 12.0. The predicted molar refractivity (Wildman–Crippen MR) is 231 cm³/mol. The molecule has 0 saturated heterocycles. The second-order valence-corrected chi connectivity index (χ2v) is 14.9. The molecule has 0 saturated carbocycles. The minimum absolute atomic E-state index is 0.424. The maximum Gasteiger partial charge on any atom is 0.0726 e. The molecule has 1 spiro atoms. The van der Waals surface area contributed by atoms with Gasteiger partial charge >= 0.3 is 0 Å². The van der Waals surface area contributed by atoms with Crippen LogP contribution in [0.3, 0.4) is 0 Å². The van der Waals surface area contributed by atoms with E-state index in [0.29, 0.717) is 0 Å². The first kappa shape index (κ1) is 31.6. The zero-order valence-electron chi connectivity index (χ0n) is 30.6. The molecule has 11 rings (SSSR count). The summed E-state index contributed by atoms with van der Waals surface area (Å²) in [6.07, 6.45) is 0. The molecule has 1 nitrogen and oxygen atoms in total. The zero-order chi connectivity index (χ0) is 36.5. The molecule has 2 aliphatic rings. The second kappa shape index (κ2) is 12.3. The molecule has 9 aromatic rings. The molecule has 0 N–H and O–H groups in total. The second-order valence-electron chi connectivity index (χ2n) is 14.9. The van der Waals surface area contributed by atoms with Gasteiger partial charge in [-0.25, -0.2) is 0 Å². The monoisotopic (exact) mass is 699 g/mol. The molecule has 9 aromatic carbocycles. The molecular weight excluding hydrogens is 663 g/mol. The molecule has 2 aliphatic carbocycles. The number of aryl methyl sites for hydroxylation is 1. The molecule has 0 bridgehead atoms. The van der Waals surface area contributed by atoms with Gasteiger partial charge in [-0.15, -0.1) is 0 Å². The van der Waals surface area contributed by atoms with Gasteiger partial charge < -0.3 is 4.90 Å². The minimum Gasteiger partial charge on any atom is -0.310 e. The average Bonchev–Trinajstić information content (AvgIpc) is 3.72. The van der Waals surface area contributed by atoms with Gasteiger partial charge in [-0.2, -0.15) is 0 Å². The molecule has 0 heterocycles. The van der Waals surface area contributed by atoms with E-state index in [4.69, 9.17) is 0 Å². The van der Waals surface area contributed by atoms with Gasteiger partial charge in [0.05, 0.1) is 11.1 Å². The fourth-order valence-corrected chi connectivity index (χ4v) is 9.71. The Labute approximate surface area is 322 Å². The first-order chi connectivity index (χ1) is 27.2. The van der Waals surface area contributed by atoms with Crippen molar-refractivity contribution < 1.29 is 0 Å². The highest BCUT2D eigenvalue weighted by Gasteiger charge is 2.51. The SMILES string of the molecule is Cc1cc(-c2cccc3ccccc23)ccc1N(c1ccc2c(c1)C1(c3ccccc3-c3ccccc31)c1ccccc1-2)c1ccccc1-c1ccccc1. The minimum atomic E-state index is -0.424. The van der Waals surface area contributed by atoms with Crippen LogP contribution >= 0.6 is 0 Å². The van der Waals surface area contributed by atoms with E-state index < -0.39 is 5.41 Å². The van der Waals surface area contributed by atoms with Gasteiger partial charge in [-0.1, -0.05) is 176 Å². The average molecular weight is 700 g/mol. The third-order valence-electron chi connectivity index (χ3n) is 12.0. The lowest BCUT2D eigenvalue weighted by Crippen LogP contribution is -2.26. The highest BCUT2D eigenvalue weighted by Crippen LogP contribution is 2.63. The van der Waals surface area contributed by atoms with Gasteiger partial charge in [-0.05, 0) is 115 Å². The van der Waals surface area contributed by atoms with Crippen LogP contribution in [0.2, 0.25) is 0 Å². The van der Waals surface area contributed by atoms with Gasteiger partial charge in [0, 0.05) is 16.9 Å². The van der Waals surface area contributed by atoms with Gasteiger partial charge in [0.2, 0.25) is 0 Å². The molecule has 0 amide bonds. The van der Waals surface area contributed by atoms with Crippen LogP contribution < -0.4 is 4.90 Å². The quantitative estimate of drug-likeness (QED) is 0.173. The number of para-hydroxylation sites is 1. The van der Waals surface area contributed by atoms with E-state index in [9.17, 15) is 0 Å². The Morgan fingerprint density at radius 3 is 1.58 bits per heavy atom. The van der Waals surface area contributed by atoms with Crippen molar-refractivity contribution in [2.45, 2.75) is 12.3 Å². The predicted octanol–water partition coefficient (Wildman–Crippen LogP) is 14.3. The van der Waals surface area contributed by atoms with E-state index in [-0.39, 0.29) is 0 Å². The summed E-state index contributed by atoms with van der Waals surface area (Å²) in [7, 11) is 0.